The zero-order valence-electron chi connectivity index (χ0n) is 12.0. The fourth-order valence-corrected chi connectivity index (χ4v) is 1.83. The van der Waals surface area contributed by atoms with Crippen molar-refractivity contribution < 1.29 is 4.79 Å². The zero-order valence-corrected chi connectivity index (χ0v) is 12.0. The molecule has 0 aromatic rings. The fraction of sp³-hybridized carbons (Fsp3) is 0.812. The first kappa shape index (κ1) is 16.4. The quantitative estimate of drug-likeness (QED) is 0.353. The average Bonchev–Trinajstić information content (AvgIpc) is 2.31. The van der Waals surface area contributed by atoms with Crippen molar-refractivity contribution in [2.75, 3.05) is 0 Å². The smallest absolute Gasteiger partial charge is 0.136 e. The minimum absolute atomic E-state index is 0.101. The second-order valence-corrected chi connectivity index (χ2v) is 5.09. The van der Waals surface area contributed by atoms with E-state index in [9.17, 15) is 4.79 Å². The van der Waals surface area contributed by atoms with E-state index in [0.717, 1.165) is 6.42 Å². The normalized spacial score (nSPS) is 13.1. The molecule has 0 saturated heterocycles. The van der Waals surface area contributed by atoms with Crippen LogP contribution in [0.2, 0.25) is 0 Å². The third-order valence-electron chi connectivity index (χ3n) is 3.29. The van der Waals surface area contributed by atoms with Crippen molar-refractivity contribution in [2.24, 2.45) is 5.92 Å². The Labute approximate surface area is 108 Å². The minimum Gasteiger partial charge on any atom is -0.299 e. The van der Waals surface area contributed by atoms with Crippen molar-refractivity contribution in [2.45, 2.75) is 78.6 Å². The van der Waals surface area contributed by atoms with Crippen LogP contribution in [0.3, 0.4) is 0 Å². The molecule has 0 aromatic heterocycles. The standard InChI is InChI=1S/C16H30O/c1-4-5-6-7-8-9-10-11-12-13-14-15(2)16(3)17/h13-15H,4-12H2,1-3H3/b14-13+. The molecular formula is C16H30O. The Hall–Kier alpha value is -0.590. The van der Waals surface area contributed by atoms with Crippen molar-refractivity contribution in [3.8, 4) is 0 Å². The monoisotopic (exact) mass is 238 g/mol. The Morgan fingerprint density at radius 2 is 1.53 bits per heavy atom. The van der Waals surface area contributed by atoms with E-state index in [1.807, 2.05) is 13.0 Å². The largest absolute Gasteiger partial charge is 0.299 e. The Kier molecular flexibility index (Phi) is 11.5. The molecule has 1 nitrogen and oxygen atoms in total. The highest BCUT2D eigenvalue weighted by atomic mass is 16.1. The summed E-state index contributed by atoms with van der Waals surface area (Å²) in [6.07, 6.45) is 16.3. The van der Waals surface area contributed by atoms with Gasteiger partial charge < -0.3 is 0 Å². The van der Waals surface area contributed by atoms with Crippen molar-refractivity contribution >= 4 is 5.78 Å². The van der Waals surface area contributed by atoms with E-state index in [1.54, 1.807) is 6.92 Å². The molecule has 17 heavy (non-hydrogen) atoms. The summed E-state index contributed by atoms with van der Waals surface area (Å²) in [5.41, 5.74) is 0. The molecule has 0 N–H and O–H groups in total. The van der Waals surface area contributed by atoms with E-state index in [2.05, 4.69) is 13.0 Å². The van der Waals surface area contributed by atoms with Gasteiger partial charge in [0.1, 0.15) is 5.78 Å². The molecule has 0 aliphatic carbocycles. The lowest BCUT2D eigenvalue weighted by Crippen LogP contribution is -2.01. The van der Waals surface area contributed by atoms with Crippen molar-refractivity contribution in [3.63, 3.8) is 0 Å². The SMILES string of the molecule is CCCCCCCCCC/C=C/C(C)C(C)=O. The maximum absolute atomic E-state index is 11.0. The van der Waals surface area contributed by atoms with Gasteiger partial charge in [0.25, 0.3) is 0 Å². The first-order valence-corrected chi connectivity index (χ1v) is 7.35. The Morgan fingerprint density at radius 3 is 2.06 bits per heavy atom. The van der Waals surface area contributed by atoms with Crippen LogP contribution in [-0.2, 0) is 4.79 Å². The van der Waals surface area contributed by atoms with Crippen LogP contribution in [0.25, 0.3) is 0 Å². The summed E-state index contributed by atoms with van der Waals surface area (Å²) in [6.45, 7) is 5.88. The molecule has 0 bridgehead atoms. The summed E-state index contributed by atoms with van der Waals surface area (Å²) in [5.74, 6) is 0.362. The summed E-state index contributed by atoms with van der Waals surface area (Å²) in [4.78, 5) is 11.0. The number of carbonyl (C=O) groups is 1. The van der Waals surface area contributed by atoms with Gasteiger partial charge in [0, 0.05) is 5.92 Å². The highest BCUT2D eigenvalue weighted by Crippen LogP contribution is 2.10. The van der Waals surface area contributed by atoms with Gasteiger partial charge in [-0.25, -0.2) is 0 Å². The number of allylic oxidation sites excluding steroid dienone is 2. The molecule has 1 atom stereocenters. The number of rotatable bonds is 11. The number of Topliss-reactive ketones (excluding diaryl/α,β-unsaturated/α-hetero) is 1. The highest BCUT2D eigenvalue weighted by Gasteiger charge is 2.00. The number of carbonyl (C=O) groups excluding carboxylic acids is 1. The van der Waals surface area contributed by atoms with E-state index in [0.29, 0.717) is 0 Å². The molecule has 100 valence electrons. The van der Waals surface area contributed by atoms with Crippen LogP contribution >= 0.6 is 0 Å². The summed E-state index contributed by atoms with van der Waals surface area (Å²) in [6, 6.07) is 0. The van der Waals surface area contributed by atoms with Crippen molar-refractivity contribution in [1.29, 1.82) is 0 Å². The van der Waals surface area contributed by atoms with Gasteiger partial charge >= 0.3 is 0 Å². The van der Waals surface area contributed by atoms with E-state index >= 15 is 0 Å². The number of unbranched alkanes of at least 4 members (excludes halogenated alkanes) is 8. The molecule has 0 fully saturated rings. The number of hydrogen-bond donors (Lipinski definition) is 0. The summed E-state index contributed by atoms with van der Waals surface area (Å²) < 4.78 is 0. The second-order valence-electron chi connectivity index (χ2n) is 5.09. The maximum atomic E-state index is 11.0. The molecule has 1 unspecified atom stereocenters. The van der Waals surface area contributed by atoms with Crippen LogP contribution in [0, 0.1) is 5.92 Å². The van der Waals surface area contributed by atoms with Crippen LogP contribution in [-0.4, -0.2) is 5.78 Å². The molecule has 0 aliphatic rings. The molecule has 0 aromatic carbocycles. The topological polar surface area (TPSA) is 17.1 Å². The molecule has 0 amide bonds. The molecule has 1 heteroatoms. The maximum Gasteiger partial charge on any atom is 0.136 e. The van der Waals surface area contributed by atoms with Crippen molar-refractivity contribution in [1.82, 2.24) is 0 Å². The average molecular weight is 238 g/mol. The second kappa shape index (κ2) is 11.9. The third-order valence-corrected chi connectivity index (χ3v) is 3.29. The van der Waals surface area contributed by atoms with Crippen LogP contribution in [0.1, 0.15) is 78.6 Å². The zero-order chi connectivity index (χ0) is 12.9. The lowest BCUT2D eigenvalue weighted by molar-refractivity contribution is -0.118. The predicted octanol–water partition coefficient (Wildman–Crippen LogP) is 5.30. The molecule has 0 radical (unpaired) electrons. The molecule has 0 saturated carbocycles. The Bertz CT molecular complexity index is 206. The molecule has 0 spiro atoms. The highest BCUT2D eigenvalue weighted by molar-refractivity contribution is 5.79. The lowest BCUT2D eigenvalue weighted by Gasteiger charge is -2.01. The third kappa shape index (κ3) is 11.7. The molecule has 0 aliphatic heterocycles. The van der Waals surface area contributed by atoms with Gasteiger partial charge in [0.05, 0.1) is 0 Å². The minimum atomic E-state index is 0.101. The van der Waals surface area contributed by atoms with Crippen LogP contribution in [0.4, 0.5) is 0 Å². The van der Waals surface area contributed by atoms with Gasteiger partial charge in [-0.2, -0.15) is 0 Å². The summed E-state index contributed by atoms with van der Waals surface area (Å²) in [7, 11) is 0. The first-order chi connectivity index (χ1) is 8.18. The first-order valence-electron chi connectivity index (χ1n) is 7.35. The van der Waals surface area contributed by atoms with E-state index < -0.39 is 0 Å². The van der Waals surface area contributed by atoms with E-state index in [1.165, 1.54) is 51.4 Å². The van der Waals surface area contributed by atoms with Crippen molar-refractivity contribution in [3.05, 3.63) is 12.2 Å². The van der Waals surface area contributed by atoms with Gasteiger partial charge in [-0.1, -0.05) is 70.9 Å². The van der Waals surface area contributed by atoms with E-state index in [-0.39, 0.29) is 11.7 Å². The van der Waals surface area contributed by atoms with Gasteiger partial charge in [-0.3, -0.25) is 4.79 Å². The fourth-order valence-electron chi connectivity index (χ4n) is 1.83. The molecule has 0 rings (SSSR count). The van der Waals surface area contributed by atoms with Gasteiger partial charge in [0.15, 0.2) is 0 Å². The molecule has 0 heterocycles. The van der Waals surface area contributed by atoms with Crippen LogP contribution in [0.15, 0.2) is 12.2 Å². The molecular weight excluding hydrogens is 208 g/mol. The predicted molar refractivity (Wildman–Crippen MR) is 76.2 cm³/mol. The van der Waals surface area contributed by atoms with Gasteiger partial charge in [-0.05, 0) is 19.8 Å². The van der Waals surface area contributed by atoms with E-state index in [4.69, 9.17) is 0 Å². The summed E-state index contributed by atoms with van der Waals surface area (Å²) >= 11 is 0. The lowest BCUT2D eigenvalue weighted by atomic mass is 10.0. The number of hydrogen-bond acceptors (Lipinski definition) is 1. The Morgan fingerprint density at radius 1 is 1.00 bits per heavy atom. The summed E-state index contributed by atoms with van der Waals surface area (Å²) in [5, 5.41) is 0. The Balaban J connectivity index is 3.21. The van der Waals surface area contributed by atoms with Crippen LogP contribution in [0.5, 0.6) is 0 Å². The van der Waals surface area contributed by atoms with Crippen LogP contribution < -0.4 is 0 Å². The number of ketones is 1. The van der Waals surface area contributed by atoms with Gasteiger partial charge in [-0.15, -0.1) is 0 Å². The van der Waals surface area contributed by atoms with Gasteiger partial charge in [0.2, 0.25) is 0 Å².